The number of carbonyl (C=O) groups is 1. The minimum atomic E-state index is -0.119. The number of rotatable bonds is 2. The predicted octanol–water partition coefficient (Wildman–Crippen LogP) is 4.06. The van der Waals surface area contributed by atoms with Crippen molar-refractivity contribution in [2.45, 2.75) is 20.8 Å². The van der Waals surface area contributed by atoms with Crippen molar-refractivity contribution in [3.05, 3.63) is 50.5 Å². The molecule has 0 fully saturated rings. The second-order valence-electron chi connectivity index (χ2n) is 4.15. The Kier molecular flexibility index (Phi) is 3.75. The lowest BCUT2D eigenvalue weighted by molar-refractivity contribution is 0.102. The summed E-state index contributed by atoms with van der Waals surface area (Å²) in [6.07, 6.45) is 0. The van der Waals surface area contributed by atoms with E-state index in [4.69, 9.17) is 4.42 Å². The van der Waals surface area contributed by atoms with Gasteiger partial charge in [0.25, 0.3) is 5.91 Å². The van der Waals surface area contributed by atoms with Crippen molar-refractivity contribution in [2.24, 2.45) is 0 Å². The topological polar surface area (TPSA) is 42.2 Å². The number of nitrogens with one attached hydrogen (secondary N) is 1. The summed E-state index contributed by atoms with van der Waals surface area (Å²) in [7, 11) is 0. The van der Waals surface area contributed by atoms with Gasteiger partial charge in [-0.1, -0.05) is 12.1 Å². The second kappa shape index (κ2) is 5.14. The highest BCUT2D eigenvalue weighted by molar-refractivity contribution is 14.1. The molecule has 1 N–H and O–H groups in total. The molecular weight excluding hydrogens is 341 g/mol. The highest BCUT2D eigenvalue weighted by atomic mass is 127. The largest absolute Gasteiger partial charge is 0.466 e. The lowest BCUT2D eigenvalue weighted by atomic mass is 10.1. The Balaban J connectivity index is 2.31. The maximum absolute atomic E-state index is 12.2. The van der Waals surface area contributed by atoms with Gasteiger partial charge in [-0.15, -0.1) is 0 Å². The van der Waals surface area contributed by atoms with Gasteiger partial charge in [0.15, 0.2) is 0 Å². The Hall–Kier alpha value is -1.30. The first-order valence-electron chi connectivity index (χ1n) is 5.63. The van der Waals surface area contributed by atoms with E-state index in [2.05, 4.69) is 27.9 Å². The van der Waals surface area contributed by atoms with Crippen LogP contribution >= 0.6 is 22.6 Å². The molecule has 0 saturated carbocycles. The highest BCUT2D eigenvalue weighted by Gasteiger charge is 2.18. The third kappa shape index (κ3) is 2.43. The molecule has 3 nitrogen and oxygen atoms in total. The number of para-hydroxylation sites is 1. The summed E-state index contributed by atoms with van der Waals surface area (Å²) in [5, 5.41) is 2.92. The molecule has 1 heterocycles. The summed E-state index contributed by atoms with van der Waals surface area (Å²) in [6.45, 7) is 5.58. The van der Waals surface area contributed by atoms with Gasteiger partial charge < -0.3 is 9.73 Å². The highest BCUT2D eigenvalue weighted by Crippen LogP contribution is 2.23. The van der Waals surface area contributed by atoms with Gasteiger partial charge in [-0.05, 0) is 55.5 Å². The van der Waals surface area contributed by atoms with Crippen LogP contribution in [0.1, 0.15) is 27.4 Å². The molecule has 0 radical (unpaired) electrons. The van der Waals surface area contributed by atoms with E-state index in [0.29, 0.717) is 11.3 Å². The van der Waals surface area contributed by atoms with Gasteiger partial charge in [0.05, 0.1) is 11.3 Å². The number of furan rings is 1. The van der Waals surface area contributed by atoms with Gasteiger partial charge in [-0.2, -0.15) is 0 Å². The lowest BCUT2D eigenvalue weighted by Gasteiger charge is -2.07. The van der Waals surface area contributed by atoms with Crippen LogP contribution in [0.5, 0.6) is 0 Å². The second-order valence-corrected chi connectivity index (χ2v) is 5.31. The van der Waals surface area contributed by atoms with Crippen LogP contribution in [0.4, 0.5) is 5.69 Å². The van der Waals surface area contributed by atoms with E-state index >= 15 is 0 Å². The first kappa shape index (κ1) is 13.1. The molecule has 0 spiro atoms. The molecule has 18 heavy (non-hydrogen) atoms. The van der Waals surface area contributed by atoms with Crippen molar-refractivity contribution < 1.29 is 9.21 Å². The van der Waals surface area contributed by atoms with Crippen LogP contribution in [-0.2, 0) is 0 Å². The van der Waals surface area contributed by atoms with E-state index < -0.39 is 0 Å². The number of hydrogen-bond acceptors (Lipinski definition) is 2. The van der Waals surface area contributed by atoms with Crippen LogP contribution in [0.3, 0.4) is 0 Å². The number of anilines is 1. The zero-order valence-electron chi connectivity index (χ0n) is 10.5. The number of benzene rings is 1. The molecule has 94 valence electrons. The lowest BCUT2D eigenvalue weighted by Crippen LogP contribution is -2.14. The normalized spacial score (nSPS) is 10.4. The van der Waals surface area contributed by atoms with E-state index in [-0.39, 0.29) is 5.91 Å². The van der Waals surface area contributed by atoms with Gasteiger partial charge in [0.1, 0.15) is 11.5 Å². The summed E-state index contributed by atoms with van der Waals surface area (Å²) >= 11 is 2.20. The maximum atomic E-state index is 12.2. The molecule has 0 aliphatic rings. The van der Waals surface area contributed by atoms with Crippen LogP contribution in [-0.4, -0.2) is 5.91 Å². The van der Waals surface area contributed by atoms with Crippen LogP contribution in [0.25, 0.3) is 0 Å². The van der Waals surface area contributed by atoms with E-state index in [1.165, 1.54) is 0 Å². The van der Waals surface area contributed by atoms with Crippen molar-refractivity contribution in [2.75, 3.05) is 5.32 Å². The third-order valence-corrected chi connectivity index (χ3v) is 3.85. The molecule has 1 aromatic heterocycles. The Bertz CT molecular complexity index is 602. The fourth-order valence-electron chi connectivity index (χ4n) is 1.87. The fraction of sp³-hybridized carbons (Fsp3) is 0.214. The molecule has 0 atom stereocenters. The third-order valence-electron chi connectivity index (χ3n) is 2.91. The molecular formula is C14H14INO2. The summed E-state index contributed by atoms with van der Waals surface area (Å²) in [6, 6.07) is 7.68. The first-order chi connectivity index (χ1) is 8.50. The van der Waals surface area contributed by atoms with E-state index in [1.807, 2.05) is 45.0 Å². The van der Waals surface area contributed by atoms with E-state index in [0.717, 1.165) is 20.6 Å². The van der Waals surface area contributed by atoms with Crippen molar-refractivity contribution in [3.8, 4) is 0 Å². The minimum Gasteiger partial charge on any atom is -0.466 e. The molecule has 2 aromatic rings. The smallest absolute Gasteiger partial charge is 0.259 e. The Labute approximate surface area is 120 Å². The Morgan fingerprint density at radius 3 is 2.39 bits per heavy atom. The summed E-state index contributed by atoms with van der Waals surface area (Å²) in [4.78, 5) is 12.2. The monoisotopic (exact) mass is 355 g/mol. The molecule has 2 rings (SSSR count). The van der Waals surface area contributed by atoms with Crippen LogP contribution in [0.15, 0.2) is 28.7 Å². The summed E-state index contributed by atoms with van der Waals surface area (Å²) in [5.74, 6) is 1.33. The van der Waals surface area contributed by atoms with Crippen LogP contribution in [0, 0.1) is 24.3 Å². The molecule has 0 aliphatic heterocycles. The quantitative estimate of drug-likeness (QED) is 0.826. The first-order valence-corrected chi connectivity index (χ1v) is 6.71. The van der Waals surface area contributed by atoms with Crippen molar-refractivity contribution >= 4 is 34.2 Å². The summed E-state index contributed by atoms with van der Waals surface area (Å²) < 4.78 is 6.48. The maximum Gasteiger partial charge on any atom is 0.259 e. The fourth-order valence-corrected chi connectivity index (χ4v) is 2.40. The number of halogens is 1. The van der Waals surface area contributed by atoms with Crippen molar-refractivity contribution in [1.82, 2.24) is 0 Å². The van der Waals surface area contributed by atoms with E-state index in [1.54, 1.807) is 0 Å². The van der Waals surface area contributed by atoms with Gasteiger partial charge in [0, 0.05) is 9.13 Å². The molecule has 1 amide bonds. The molecule has 4 heteroatoms. The molecule has 0 bridgehead atoms. The van der Waals surface area contributed by atoms with Gasteiger partial charge in [-0.3, -0.25) is 4.79 Å². The zero-order chi connectivity index (χ0) is 13.3. The molecule has 1 aromatic carbocycles. The Morgan fingerprint density at radius 2 is 1.83 bits per heavy atom. The predicted molar refractivity (Wildman–Crippen MR) is 80.0 cm³/mol. The Morgan fingerprint density at radius 1 is 1.17 bits per heavy atom. The molecule has 0 aliphatic carbocycles. The average Bonchev–Trinajstić information content (AvgIpc) is 2.56. The average molecular weight is 355 g/mol. The number of aryl methyl sites for hydroxylation is 2. The molecule has 0 saturated heterocycles. The number of amides is 1. The van der Waals surface area contributed by atoms with Crippen LogP contribution < -0.4 is 5.32 Å². The van der Waals surface area contributed by atoms with Crippen LogP contribution in [0.2, 0.25) is 0 Å². The standard InChI is InChI=1S/C14H14INO2/c1-8-9(2)18-10(3)13(8)14(17)16-12-7-5-4-6-11(12)15/h4-7H,1-3H3,(H,16,17). The minimum absolute atomic E-state index is 0.119. The van der Waals surface area contributed by atoms with Gasteiger partial charge in [0.2, 0.25) is 0 Å². The number of carbonyl (C=O) groups excluding carboxylic acids is 1. The van der Waals surface area contributed by atoms with Crippen molar-refractivity contribution in [3.63, 3.8) is 0 Å². The van der Waals surface area contributed by atoms with Crippen molar-refractivity contribution in [1.29, 1.82) is 0 Å². The van der Waals surface area contributed by atoms with Gasteiger partial charge in [-0.25, -0.2) is 0 Å². The summed E-state index contributed by atoms with van der Waals surface area (Å²) in [5.41, 5.74) is 2.35. The number of hydrogen-bond donors (Lipinski definition) is 1. The zero-order valence-corrected chi connectivity index (χ0v) is 12.7. The van der Waals surface area contributed by atoms with E-state index in [9.17, 15) is 4.79 Å². The molecule has 0 unspecified atom stereocenters. The SMILES string of the molecule is Cc1oc(C)c(C(=O)Nc2ccccc2I)c1C. The van der Waals surface area contributed by atoms with Gasteiger partial charge >= 0.3 is 0 Å².